The smallest absolute Gasteiger partial charge is 0.135 e. The van der Waals surface area contributed by atoms with Gasteiger partial charge >= 0.3 is 0 Å². The molecule has 110 valence electrons. The number of aryl methyl sites for hydroxylation is 1. The lowest BCUT2D eigenvalue weighted by Crippen LogP contribution is -2.29. The standard InChI is InChI=1S/C16H17Cl2N3/c1-10-8-13(17)12(16(18)20-10)9-21-7-3-4-11-14(19)5-2-6-15(11)21/h2,5-6,8H,3-4,7,9,19H2,1H3. The lowest BCUT2D eigenvalue weighted by Gasteiger charge is -2.32. The molecule has 0 amide bonds. The number of nitrogens with two attached hydrogens (primary N) is 1. The predicted molar refractivity (Wildman–Crippen MR) is 89.2 cm³/mol. The van der Waals surface area contributed by atoms with Crippen LogP contribution in [0.1, 0.15) is 23.2 Å². The number of halogens is 2. The number of fused-ring (bicyclic) bond motifs is 1. The summed E-state index contributed by atoms with van der Waals surface area (Å²) in [4.78, 5) is 6.58. The van der Waals surface area contributed by atoms with Crippen LogP contribution in [0.15, 0.2) is 24.3 Å². The Kier molecular flexibility index (Phi) is 3.96. The van der Waals surface area contributed by atoms with Gasteiger partial charge in [0, 0.05) is 35.7 Å². The topological polar surface area (TPSA) is 42.1 Å². The Morgan fingerprint density at radius 3 is 2.90 bits per heavy atom. The third-order valence-corrected chi connectivity index (χ3v) is 4.53. The number of benzene rings is 1. The minimum atomic E-state index is 0.482. The van der Waals surface area contributed by atoms with E-state index in [4.69, 9.17) is 28.9 Å². The zero-order chi connectivity index (χ0) is 15.0. The molecule has 0 aliphatic carbocycles. The molecule has 2 N–H and O–H groups in total. The summed E-state index contributed by atoms with van der Waals surface area (Å²) in [6.07, 6.45) is 2.10. The molecular formula is C16H17Cl2N3. The van der Waals surface area contributed by atoms with Crippen LogP contribution in [0.5, 0.6) is 0 Å². The van der Waals surface area contributed by atoms with Gasteiger partial charge in [0.15, 0.2) is 0 Å². The SMILES string of the molecule is Cc1cc(Cl)c(CN2CCCc3c(N)cccc32)c(Cl)n1. The minimum absolute atomic E-state index is 0.482. The van der Waals surface area contributed by atoms with Crippen LogP contribution in [0.4, 0.5) is 11.4 Å². The molecule has 5 heteroatoms. The highest BCUT2D eigenvalue weighted by atomic mass is 35.5. The van der Waals surface area contributed by atoms with E-state index in [-0.39, 0.29) is 0 Å². The molecule has 0 spiro atoms. The Balaban J connectivity index is 1.96. The summed E-state index contributed by atoms with van der Waals surface area (Å²) in [5.74, 6) is 0. The van der Waals surface area contributed by atoms with Gasteiger partial charge in [-0.05, 0) is 43.5 Å². The second-order valence-electron chi connectivity index (χ2n) is 5.38. The van der Waals surface area contributed by atoms with Crippen LogP contribution in [-0.4, -0.2) is 11.5 Å². The van der Waals surface area contributed by atoms with E-state index in [1.807, 2.05) is 25.1 Å². The van der Waals surface area contributed by atoms with Crippen molar-refractivity contribution in [2.75, 3.05) is 17.2 Å². The molecule has 0 saturated heterocycles. The maximum Gasteiger partial charge on any atom is 0.135 e. The van der Waals surface area contributed by atoms with Crippen molar-refractivity contribution in [2.24, 2.45) is 0 Å². The summed E-state index contributed by atoms with van der Waals surface area (Å²) in [6.45, 7) is 3.51. The number of nitrogen functional groups attached to an aromatic ring is 1. The molecule has 0 fully saturated rings. The molecule has 0 atom stereocenters. The fourth-order valence-corrected chi connectivity index (χ4v) is 3.50. The van der Waals surface area contributed by atoms with E-state index in [1.54, 1.807) is 0 Å². The van der Waals surface area contributed by atoms with E-state index in [9.17, 15) is 0 Å². The van der Waals surface area contributed by atoms with E-state index in [0.29, 0.717) is 16.7 Å². The van der Waals surface area contributed by atoms with Gasteiger partial charge in [-0.15, -0.1) is 0 Å². The monoisotopic (exact) mass is 321 g/mol. The van der Waals surface area contributed by atoms with Gasteiger partial charge in [0.05, 0.1) is 5.02 Å². The van der Waals surface area contributed by atoms with Crippen LogP contribution >= 0.6 is 23.2 Å². The maximum atomic E-state index is 6.34. The zero-order valence-electron chi connectivity index (χ0n) is 11.9. The average molecular weight is 322 g/mol. The summed E-state index contributed by atoms with van der Waals surface area (Å²) < 4.78 is 0. The lowest BCUT2D eigenvalue weighted by molar-refractivity contribution is 0.691. The van der Waals surface area contributed by atoms with E-state index in [1.165, 1.54) is 11.3 Å². The molecule has 1 aromatic carbocycles. The van der Waals surface area contributed by atoms with Crippen molar-refractivity contribution in [3.63, 3.8) is 0 Å². The van der Waals surface area contributed by atoms with Gasteiger partial charge in [-0.2, -0.15) is 0 Å². The number of aromatic nitrogens is 1. The van der Waals surface area contributed by atoms with Gasteiger partial charge in [0.25, 0.3) is 0 Å². The normalized spacial score (nSPS) is 14.1. The first-order valence-electron chi connectivity index (χ1n) is 7.00. The van der Waals surface area contributed by atoms with Gasteiger partial charge in [-0.1, -0.05) is 29.3 Å². The predicted octanol–water partition coefficient (Wildman–Crippen LogP) is 4.23. The highest BCUT2D eigenvalue weighted by Gasteiger charge is 2.21. The Labute approximate surface area is 134 Å². The van der Waals surface area contributed by atoms with Crippen LogP contribution in [0.2, 0.25) is 10.2 Å². The molecule has 2 aromatic rings. The fourth-order valence-electron chi connectivity index (χ4n) is 2.85. The van der Waals surface area contributed by atoms with Crippen molar-refractivity contribution < 1.29 is 0 Å². The molecule has 0 radical (unpaired) electrons. The van der Waals surface area contributed by atoms with E-state index < -0.39 is 0 Å². The average Bonchev–Trinajstić information content (AvgIpc) is 2.43. The molecule has 3 nitrogen and oxygen atoms in total. The van der Waals surface area contributed by atoms with Crippen LogP contribution in [0.25, 0.3) is 0 Å². The Hall–Kier alpha value is -1.45. The molecule has 0 bridgehead atoms. The van der Waals surface area contributed by atoms with E-state index >= 15 is 0 Å². The van der Waals surface area contributed by atoms with Crippen LogP contribution in [0, 0.1) is 6.92 Å². The highest BCUT2D eigenvalue weighted by Crippen LogP contribution is 2.34. The first-order valence-corrected chi connectivity index (χ1v) is 7.75. The molecule has 21 heavy (non-hydrogen) atoms. The van der Waals surface area contributed by atoms with E-state index in [2.05, 4.69) is 16.0 Å². The molecule has 0 unspecified atom stereocenters. The van der Waals surface area contributed by atoms with Gasteiger partial charge in [-0.3, -0.25) is 0 Å². The number of anilines is 2. The maximum absolute atomic E-state index is 6.34. The summed E-state index contributed by atoms with van der Waals surface area (Å²) in [5.41, 5.74) is 11.0. The lowest BCUT2D eigenvalue weighted by atomic mass is 9.99. The van der Waals surface area contributed by atoms with Crippen molar-refractivity contribution in [3.05, 3.63) is 51.3 Å². The fraction of sp³-hybridized carbons (Fsp3) is 0.312. The van der Waals surface area contributed by atoms with Gasteiger partial charge in [-0.25, -0.2) is 4.98 Å². The number of rotatable bonds is 2. The molecule has 3 rings (SSSR count). The highest BCUT2D eigenvalue weighted by molar-refractivity contribution is 6.35. The number of pyridine rings is 1. The number of nitrogens with zero attached hydrogens (tertiary/aromatic N) is 2. The van der Waals surface area contributed by atoms with Gasteiger partial charge in [0.1, 0.15) is 5.15 Å². The van der Waals surface area contributed by atoms with Crippen molar-refractivity contribution in [2.45, 2.75) is 26.3 Å². The third kappa shape index (κ3) is 2.81. The summed E-state index contributed by atoms with van der Waals surface area (Å²) >= 11 is 12.6. The van der Waals surface area contributed by atoms with Crippen LogP contribution in [0.3, 0.4) is 0 Å². The third-order valence-electron chi connectivity index (χ3n) is 3.88. The van der Waals surface area contributed by atoms with Gasteiger partial charge < -0.3 is 10.6 Å². The Morgan fingerprint density at radius 1 is 1.33 bits per heavy atom. The summed E-state index contributed by atoms with van der Waals surface area (Å²) in [5, 5.41) is 1.15. The second kappa shape index (κ2) is 5.74. The molecule has 0 saturated carbocycles. The summed E-state index contributed by atoms with van der Waals surface area (Å²) in [6, 6.07) is 7.90. The van der Waals surface area contributed by atoms with Crippen LogP contribution in [-0.2, 0) is 13.0 Å². The number of hydrogen-bond acceptors (Lipinski definition) is 3. The second-order valence-corrected chi connectivity index (χ2v) is 6.15. The summed E-state index contributed by atoms with van der Waals surface area (Å²) in [7, 11) is 0. The zero-order valence-corrected chi connectivity index (χ0v) is 13.4. The largest absolute Gasteiger partial charge is 0.398 e. The van der Waals surface area contributed by atoms with Crippen molar-refractivity contribution in [1.82, 2.24) is 4.98 Å². The van der Waals surface area contributed by atoms with Gasteiger partial charge in [0.2, 0.25) is 0 Å². The van der Waals surface area contributed by atoms with Crippen molar-refractivity contribution in [3.8, 4) is 0 Å². The molecule has 1 aliphatic heterocycles. The van der Waals surface area contributed by atoms with Crippen LogP contribution < -0.4 is 10.6 Å². The Morgan fingerprint density at radius 2 is 2.14 bits per heavy atom. The quantitative estimate of drug-likeness (QED) is 0.664. The minimum Gasteiger partial charge on any atom is -0.398 e. The van der Waals surface area contributed by atoms with Crippen molar-refractivity contribution >= 4 is 34.6 Å². The molecule has 2 heterocycles. The van der Waals surface area contributed by atoms with Crippen molar-refractivity contribution in [1.29, 1.82) is 0 Å². The number of hydrogen-bond donors (Lipinski definition) is 1. The molecule has 1 aliphatic rings. The first-order chi connectivity index (χ1) is 10.1. The van der Waals surface area contributed by atoms with E-state index in [0.717, 1.165) is 36.3 Å². The molecular weight excluding hydrogens is 305 g/mol. The molecule has 1 aromatic heterocycles. The Bertz CT molecular complexity index is 662. The first kappa shape index (κ1) is 14.5.